The van der Waals surface area contributed by atoms with Crippen LogP contribution in [0.3, 0.4) is 0 Å². The van der Waals surface area contributed by atoms with Crippen LogP contribution in [0, 0.1) is 12.3 Å². The van der Waals surface area contributed by atoms with Gasteiger partial charge in [-0.05, 0) is 40.2 Å². The van der Waals surface area contributed by atoms with Gasteiger partial charge in [0.25, 0.3) is 0 Å². The Kier molecular flexibility index (Phi) is 5.59. The van der Waals surface area contributed by atoms with Crippen LogP contribution in [0.1, 0.15) is 44.0 Å². The van der Waals surface area contributed by atoms with Gasteiger partial charge in [0.2, 0.25) is 5.91 Å². The van der Waals surface area contributed by atoms with E-state index in [1.807, 2.05) is 38.7 Å². The Morgan fingerprint density at radius 1 is 1.60 bits per heavy atom. The van der Waals surface area contributed by atoms with Crippen molar-refractivity contribution in [3.05, 3.63) is 17.5 Å². The van der Waals surface area contributed by atoms with Gasteiger partial charge >= 0.3 is 0 Å². The minimum absolute atomic E-state index is 0. The number of aromatic nitrogens is 2. The Hall–Kier alpha value is -1.07. The second-order valence-electron chi connectivity index (χ2n) is 5.85. The third kappa shape index (κ3) is 3.33. The molecular weight excluding hydrogens is 276 g/mol. The van der Waals surface area contributed by atoms with Crippen LogP contribution in [0.5, 0.6) is 0 Å². The molecular formula is C14H25ClN4O. The van der Waals surface area contributed by atoms with Crippen LogP contribution in [0.25, 0.3) is 0 Å². The average molecular weight is 301 g/mol. The molecule has 6 heteroatoms. The van der Waals surface area contributed by atoms with Crippen LogP contribution in [0.4, 0.5) is 0 Å². The summed E-state index contributed by atoms with van der Waals surface area (Å²) in [4.78, 5) is 12.4. The third-order valence-corrected chi connectivity index (χ3v) is 4.23. The molecule has 1 aromatic rings. The highest BCUT2D eigenvalue weighted by Crippen LogP contribution is 2.27. The minimum Gasteiger partial charge on any atom is -0.349 e. The molecule has 114 valence electrons. The second-order valence-corrected chi connectivity index (χ2v) is 5.85. The van der Waals surface area contributed by atoms with Crippen molar-refractivity contribution in [2.24, 2.45) is 12.5 Å². The molecule has 0 spiro atoms. The van der Waals surface area contributed by atoms with Gasteiger partial charge in [-0.15, -0.1) is 12.4 Å². The lowest BCUT2D eigenvalue weighted by Crippen LogP contribution is -2.49. The molecule has 0 radical (unpaired) electrons. The lowest BCUT2D eigenvalue weighted by molar-refractivity contribution is -0.131. The zero-order valence-corrected chi connectivity index (χ0v) is 13.5. The summed E-state index contributed by atoms with van der Waals surface area (Å²) in [5, 5.41) is 10.7. The van der Waals surface area contributed by atoms with Gasteiger partial charge in [0, 0.05) is 24.8 Å². The van der Waals surface area contributed by atoms with Gasteiger partial charge in [-0.1, -0.05) is 0 Å². The quantitative estimate of drug-likeness (QED) is 0.893. The number of hydrogen-bond acceptors (Lipinski definition) is 3. The molecule has 1 aliphatic heterocycles. The summed E-state index contributed by atoms with van der Waals surface area (Å²) < 4.78 is 1.84. The van der Waals surface area contributed by atoms with E-state index in [4.69, 9.17) is 0 Å². The number of carbonyl (C=O) groups is 1. The normalized spacial score (nSPS) is 23.8. The van der Waals surface area contributed by atoms with Crippen LogP contribution >= 0.6 is 12.4 Å². The summed E-state index contributed by atoms with van der Waals surface area (Å²) in [7, 11) is 1.92. The number of nitrogens with one attached hydrogen (secondary N) is 2. The zero-order valence-electron chi connectivity index (χ0n) is 12.7. The molecule has 2 atom stereocenters. The number of nitrogens with zero attached hydrogens (tertiary/aromatic N) is 2. The number of amides is 1. The first kappa shape index (κ1) is 17.0. The van der Waals surface area contributed by atoms with Gasteiger partial charge < -0.3 is 10.6 Å². The molecule has 2 heterocycles. The number of carbonyl (C=O) groups excluding carboxylic acids is 1. The van der Waals surface area contributed by atoms with E-state index in [0.29, 0.717) is 0 Å². The van der Waals surface area contributed by atoms with Crippen molar-refractivity contribution in [2.45, 2.75) is 39.7 Å². The molecule has 0 bridgehead atoms. The summed E-state index contributed by atoms with van der Waals surface area (Å²) in [6.07, 6.45) is 3.84. The molecule has 1 aromatic heterocycles. The molecule has 1 aliphatic rings. The van der Waals surface area contributed by atoms with Crippen molar-refractivity contribution in [1.29, 1.82) is 0 Å². The summed E-state index contributed by atoms with van der Waals surface area (Å²) >= 11 is 0. The number of rotatable bonds is 3. The van der Waals surface area contributed by atoms with Crippen molar-refractivity contribution in [1.82, 2.24) is 20.4 Å². The molecule has 2 rings (SSSR count). The third-order valence-electron chi connectivity index (χ3n) is 4.23. The van der Waals surface area contributed by atoms with Crippen molar-refractivity contribution in [3.63, 3.8) is 0 Å². The average Bonchev–Trinajstić information content (AvgIpc) is 2.71. The van der Waals surface area contributed by atoms with Gasteiger partial charge in [0.15, 0.2) is 0 Å². The van der Waals surface area contributed by atoms with E-state index >= 15 is 0 Å². The lowest BCUT2D eigenvalue weighted by Gasteiger charge is -2.33. The highest BCUT2D eigenvalue weighted by Gasteiger charge is 2.35. The molecule has 1 fully saturated rings. The molecule has 0 aliphatic carbocycles. The standard InChI is InChI=1S/C14H24N4O.ClH/c1-10(12-8-16-18(4)11(12)2)17-13(19)14(3)6-5-7-15-9-14;/h8,10,15H,5-7,9H2,1-4H3,(H,17,19);1H. The Morgan fingerprint density at radius 3 is 2.80 bits per heavy atom. The van der Waals surface area contributed by atoms with E-state index < -0.39 is 0 Å². The molecule has 0 aromatic carbocycles. The summed E-state index contributed by atoms with van der Waals surface area (Å²) in [6, 6.07) is -0.0000449. The van der Waals surface area contributed by atoms with Crippen molar-refractivity contribution in [2.75, 3.05) is 13.1 Å². The summed E-state index contributed by atoms with van der Waals surface area (Å²) in [6.45, 7) is 7.85. The number of piperidine rings is 1. The fourth-order valence-corrected chi connectivity index (χ4v) is 2.64. The van der Waals surface area contributed by atoms with E-state index in [0.717, 1.165) is 37.2 Å². The van der Waals surface area contributed by atoms with Crippen molar-refractivity contribution < 1.29 is 4.79 Å². The maximum absolute atomic E-state index is 12.4. The minimum atomic E-state index is -0.289. The van der Waals surface area contributed by atoms with E-state index in [9.17, 15) is 4.79 Å². The summed E-state index contributed by atoms with van der Waals surface area (Å²) in [5.74, 6) is 0.135. The highest BCUT2D eigenvalue weighted by atomic mass is 35.5. The van der Waals surface area contributed by atoms with E-state index in [2.05, 4.69) is 15.7 Å². The molecule has 1 saturated heterocycles. The fraction of sp³-hybridized carbons (Fsp3) is 0.714. The van der Waals surface area contributed by atoms with E-state index in [1.54, 1.807) is 0 Å². The van der Waals surface area contributed by atoms with E-state index in [-0.39, 0.29) is 29.8 Å². The van der Waals surface area contributed by atoms with Crippen molar-refractivity contribution >= 4 is 18.3 Å². The van der Waals surface area contributed by atoms with Crippen LogP contribution < -0.4 is 10.6 Å². The van der Waals surface area contributed by atoms with Gasteiger partial charge in [-0.2, -0.15) is 5.10 Å². The molecule has 2 N–H and O–H groups in total. The van der Waals surface area contributed by atoms with Crippen molar-refractivity contribution in [3.8, 4) is 0 Å². The predicted octanol–water partition coefficient (Wildman–Crippen LogP) is 1.72. The van der Waals surface area contributed by atoms with Crippen LogP contribution in [-0.2, 0) is 11.8 Å². The first-order valence-electron chi connectivity index (χ1n) is 6.94. The highest BCUT2D eigenvalue weighted by molar-refractivity contribution is 5.85. The maximum atomic E-state index is 12.4. The number of hydrogen-bond donors (Lipinski definition) is 2. The molecule has 5 nitrogen and oxygen atoms in total. The fourth-order valence-electron chi connectivity index (χ4n) is 2.64. The predicted molar refractivity (Wildman–Crippen MR) is 82.0 cm³/mol. The molecule has 1 amide bonds. The van der Waals surface area contributed by atoms with Gasteiger partial charge in [-0.3, -0.25) is 9.48 Å². The van der Waals surface area contributed by atoms with E-state index in [1.165, 1.54) is 0 Å². The maximum Gasteiger partial charge on any atom is 0.227 e. The Balaban J connectivity index is 0.00000200. The Labute approximate surface area is 126 Å². The van der Waals surface area contributed by atoms with Crippen LogP contribution in [0.15, 0.2) is 6.20 Å². The van der Waals surface area contributed by atoms with Crippen LogP contribution in [0.2, 0.25) is 0 Å². The van der Waals surface area contributed by atoms with Gasteiger partial charge in [0.05, 0.1) is 17.7 Å². The first-order valence-corrected chi connectivity index (χ1v) is 6.94. The topological polar surface area (TPSA) is 59.0 Å². The molecule has 0 saturated carbocycles. The Morgan fingerprint density at radius 2 is 2.30 bits per heavy atom. The summed E-state index contributed by atoms with van der Waals surface area (Å²) in [5.41, 5.74) is 1.89. The molecule has 2 unspecified atom stereocenters. The number of halogens is 1. The monoisotopic (exact) mass is 300 g/mol. The van der Waals surface area contributed by atoms with Gasteiger partial charge in [0.1, 0.15) is 0 Å². The van der Waals surface area contributed by atoms with Gasteiger partial charge in [-0.25, -0.2) is 0 Å². The zero-order chi connectivity index (χ0) is 14.0. The van der Waals surface area contributed by atoms with Crippen LogP contribution in [-0.4, -0.2) is 28.8 Å². The molecule has 20 heavy (non-hydrogen) atoms. The lowest BCUT2D eigenvalue weighted by atomic mass is 9.81. The second kappa shape index (κ2) is 6.59. The smallest absolute Gasteiger partial charge is 0.227 e. The Bertz CT molecular complexity index is 466. The SMILES string of the molecule is Cc1c(C(C)NC(=O)C2(C)CCCNC2)cnn1C.Cl. The first-order chi connectivity index (χ1) is 8.94. The largest absolute Gasteiger partial charge is 0.349 e. The number of aryl methyl sites for hydroxylation is 1.